The Morgan fingerprint density at radius 2 is 1.32 bits per heavy atom. The van der Waals surface area contributed by atoms with Gasteiger partial charge in [-0.1, -0.05) is 0 Å². The van der Waals surface area contributed by atoms with E-state index in [1.165, 1.54) is 0 Å². The summed E-state index contributed by atoms with van der Waals surface area (Å²) in [7, 11) is 0. The topological polar surface area (TPSA) is 52.6 Å². The first-order valence-electron chi connectivity index (χ1n) is 6.69. The quantitative estimate of drug-likeness (QED) is 0.408. The summed E-state index contributed by atoms with van der Waals surface area (Å²) in [5.74, 6) is -0.702. The first-order chi connectivity index (χ1) is 8.95. The van der Waals surface area contributed by atoms with E-state index in [0.29, 0.717) is 0 Å². The van der Waals surface area contributed by atoms with Crippen LogP contribution in [0, 0.1) is 0 Å². The van der Waals surface area contributed by atoms with E-state index in [9.17, 15) is 9.59 Å². The Labute approximate surface area is 136 Å². The molecule has 0 aliphatic carbocycles. The monoisotopic (exact) mass is 506 g/mol. The molecule has 1 rings (SSSR count). The van der Waals surface area contributed by atoms with E-state index < -0.39 is 28.9 Å². The number of hydrogen-bond acceptors (Lipinski definition) is 4. The van der Waals surface area contributed by atoms with Crippen LogP contribution in [-0.4, -0.2) is 40.8 Å². The van der Waals surface area contributed by atoms with Crippen molar-refractivity contribution in [2.75, 3.05) is 0 Å². The van der Waals surface area contributed by atoms with E-state index in [4.69, 9.17) is 6.15 Å². The third kappa shape index (κ3) is 4.88. The van der Waals surface area contributed by atoms with Gasteiger partial charge in [0.15, 0.2) is 0 Å². The summed E-state index contributed by atoms with van der Waals surface area (Å²) in [6, 6.07) is 0. The van der Waals surface area contributed by atoms with E-state index in [2.05, 4.69) is 45.7 Å². The van der Waals surface area contributed by atoms with Gasteiger partial charge < -0.3 is 0 Å². The summed E-state index contributed by atoms with van der Waals surface area (Å²) < 4.78 is 12.9. The number of alkyl halides is 2. The second-order valence-electron chi connectivity index (χ2n) is 4.76. The van der Waals surface area contributed by atoms with Gasteiger partial charge >= 0.3 is 137 Å². The van der Waals surface area contributed by atoms with Gasteiger partial charge in [-0.05, 0) is 0 Å². The molecule has 0 saturated carbocycles. The second kappa shape index (κ2) is 8.22. The Bertz CT molecular complexity index is 306. The predicted molar refractivity (Wildman–Crippen MR) is 82.8 cm³/mol. The molecule has 1 fully saturated rings. The molecule has 0 aromatic heterocycles. The molecule has 1 heterocycles. The van der Waals surface area contributed by atoms with E-state index in [0.717, 1.165) is 34.6 Å². The van der Waals surface area contributed by atoms with Crippen molar-refractivity contribution in [3.05, 3.63) is 0 Å². The number of unbranched alkanes of at least 4 members (excludes halogenated alkanes) is 2. The van der Waals surface area contributed by atoms with Gasteiger partial charge in [-0.2, -0.15) is 0 Å². The van der Waals surface area contributed by atoms with Crippen LogP contribution in [0.3, 0.4) is 0 Å². The van der Waals surface area contributed by atoms with Crippen LogP contribution in [0.2, 0.25) is 8.87 Å². The molecular formula is C12H20Br2O4Sn. The molecule has 0 N–H and O–H groups in total. The zero-order valence-corrected chi connectivity index (χ0v) is 17.3. The standard InChI is InChI=1S/C4H4Br2O4.2C4H9.Sn/c5-1(3(7)8)2(6)4(9)10;2*1-3-4-2;/h1-2H,(H,7,8)(H,9,10);2*1,3-4H2,2H3;/q;;;+2/p-2. The molecule has 19 heavy (non-hydrogen) atoms. The maximum absolute atomic E-state index is 12.0. The average Bonchev–Trinajstić information content (AvgIpc) is 2.47. The van der Waals surface area contributed by atoms with Gasteiger partial charge in [0.1, 0.15) is 0 Å². The molecular weight excluding hydrogens is 487 g/mol. The Kier molecular flexibility index (Phi) is 7.68. The summed E-state index contributed by atoms with van der Waals surface area (Å²) >= 11 is 2.83. The summed E-state index contributed by atoms with van der Waals surface area (Å²) in [4.78, 5) is 22.8. The van der Waals surface area contributed by atoms with Crippen molar-refractivity contribution in [1.29, 1.82) is 0 Å². The average molecular weight is 507 g/mol. The molecule has 4 nitrogen and oxygen atoms in total. The summed E-state index contributed by atoms with van der Waals surface area (Å²) in [6.45, 7) is 4.17. The van der Waals surface area contributed by atoms with Gasteiger partial charge in [0, 0.05) is 0 Å². The van der Waals surface area contributed by atoms with E-state index in [1.807, 2.05) is 0 Å². The molecule has 2 unspecified atom stereocenters. The predicted octanol–water partition coefficient (Wildman–Crippen LogP) is 3.66. The van der Waals surface area contributed by atoms with Gasteiger partial charge in [0.25, 0.3) is 0 Å². The molecule has 1 aliphatic rings. The van der Waals surface area contributed by atoms with Crippen LogP contribution in [0.5, 0.6) is 0 Å². The number of halogens is 2. The first kappa shape index (κ1) is 17.7. The van der Waals surface area contributed by atoms with Crippen molar-refractivity contribution in [2.24, 2.45) is 0 Å². The Morgan fingerprint density at radius 3 is 1.63 bits per heavy atom. The van der Waals surface area contributed by atoms with Gasteiger partial charge in [-0.25, -0.2) is 0 Å². The molecule has 110 valence electrons. The maximum atomic E-state index is 12.0. The van der Waals surface area contributed by atoms with Crippen LogP contribution in [0.1, 0.15) is 39.5 Å². The first-order valence-corrected chi connectivity index (χ1v) is 14.9. The molecule has 1 saturated heterocycles. The third-order valence-corrected chi connectivity index (χ3v) is 15.3. The fourth-order valence-electron chi connectivity index (χ4n) is 1.96. The molecule has 0 amide bonds. The molecule has 0 aromatic rings. The Balaban J connectivity index is 2.93. The van der Waals surface area contributed by atoms with Gasteiger partial charge in [-0.3, -0.25) is 0 Å². The van der Waals surface area contributed by atoms with Crippen molar-refractivity contribution in [1.82, 2.24) is 0 Å². The molecule has 1 aliphatic heterocycles. The molecule has 2 atom stereocenters. The second-order valence-corrected chi connectivity index (χ2v) is 16.0. The van der Waals surface area contributed by atoms with Crippen molar-refractivity contribution in [2.45, 2.75) is 58.1 Å². The molecule has 0 aromatic carbocycles. The molecule has 0 bridgehead atoms. The van der Waals surface area contributed by atoms with Crippen molar-refractivity contribution in [3.63, 3.8) is 0 Å². The summed E-state index contributed by atoms with van der Waals surface area (Å²) in [5.41, 5.74) is 0. The summed E-state index contributed by atoms with van der Waals surface area (Å²) in [5, 5.41) is 0. The number of hydrogen-bond donors (Lipinski definition) is 0. The number of rotatable bonds is 6. The minimum atomic E-state index is -3.59. The molecule has 7 heteroatoms. The van der Waals surface area contributed by atoms with Gasteiger partial charge in [-0.15, -0.1) is 0 Å². The van der Waals surface area contributed by atoms with Crippen LogP contribution < -0.4 is 0 Å². The van der Waals surface area contributed by atoms with Crippen LogP contribution >= 0.6 is 31.9 Å². The fraction of sp³-hybridized carbons (Fsp3) is 0.833. The Morgan fingerprint density at radius 1 is 0.947 bits per heavy atom. The van der Waals surface area contributed by atoms with E-state index in [1.54, 1.807) is 0 Å². The van der Waals surface area contributed by atoms with E-state index >= 15 is 0 Å². The normalized spacial score (nSPS) is 26.5. The zero-order chi connectivity index (χ0) is 14.5. The van der Waals surface area contributed by atoms with Crippen molar-refractivity contribution in [3.8, 4) is 0 Å². The van der Waals surface area contributed by atoms with Gasteiger partial charge in [0.05, 0.1) is 0 Å². The number of carbonyl (C=O) groups is 2. The van der Waals surface area contributed by atoms with E-state index in [-0.39, 0.29) is 11.9 Å². The number of carbonyl (C=O) groups excluding carboxylic acids is 2. The fourth-order valence-corrected chi connectivity index (χ4v) is 13.5. The third-order valence-electron chi connectivity index (χ3n) is 3.10. The van der Waals surface area contributed by atoms with Crippen LogP contribution in [0.15, 0.2) is 0 Å². The Hall–Kier alpha value is 0.699. The van der Waals surface area contributed by atoms with Crippen LogP contribution in [-0.2, 0) is 15.7 Å². The van der Waals surface area contributed by atoms with Crippen molar-refractivity contribution < 1.29 is 15.7 Å². The zero-order valence-electron chi connectivity index (χ0n) is 11.3. The molecule has 0 spiro atoms. The molecule has 0 radical (unpaired) electrons. The minimum absolute atomic E-state index is 0.351. The summed E-state index contributed by atoms with van der Waals surface area (Å²) in [6.07, 6.45) is 3.91. The SMILES string of the molecule is CCC[CH2][Sn]1([CH2]CCC)[O]C(=O)C(Br)C(Br)C(=O)[O]1. The van der Waals surface area contributed by atoms with Crippen LogP contribution in [0.25, 0.3) is 0 Å². The van der Waals surface area contributed by atoms with Gasteiger partial charge in [0.2, 0.25) is 0 Å². The van der Waals surface area contributed by atoms with Crippen LogP contribution in [0.4, 0.5) is 0 Å². The van der Waals surface area contributed by atoms with Crippen molar-refractivity contribution >= 4 is 63.0 Å².